The van der Waals surface area contributed by atoms with Gasteiger partial charge in [0.05, 0.1) is 5.92 Å². The molecule has 2 heterocycles. The molecule has 1 aromatic carbocycles. The molecule has 0 bridgehead atoms. The fourth-order valence-corrected chi connectivity index (χ4v) is 3.08. The van der Waals surface area contributed by atoms with Crippen molar-refractivity contribution in [3.05, 3.63) is 24.3 Å². The molecule has 1 atom stereocenters. The predicted molar refractivity (Wildman–Crippen MR) is 82.1 cm³/mol. The minimum Gasteiger partial charge on any atom is -0.371 e. The number of nitrogens with one attached hydrogen (secondary N) is 2. The molecule has 1 aromatic rings. The average Bonchev–Trinajstić information content (AvgIpc) is 3.03. The van der Waals surface area contributed by atoms with Gasteiger partial charge in [0.1, 0.15) is 0 Å². The van der Waals surface area contributed by atoms with Crippen LogP contribution in [0.15, 0.2) is 24.3 Å². The topological polar surface area (TPSA) is 44.4 Å². The molecule has 2 N–H and O–H groups in total. The second-order valence-electron chi connectivity index (χ2n) is 5.78. The first-order valence-corrected chi connectivity index (χ1v) is 7.69. The number of piperidine rings is 1. The van der Waals surface area contributed by atoms with Gasteiger partial charge < -0.3 is 15.5 Å². The first kappa shape index (κ1) is 13.4. The van der Waals surface area contributed by atoms with Crippen LogP contribution in [0.2, 0.25) is 0 Å². The van der Waals surface area contributed by atoms with Gasteiger partial charge in [-0.2, -0.15) is 0 Å². The van der Waals surface area contributed by atoms with Crippen LogP contribution in [0.1, 0.15) is 25.7 Å². The van der Waals surface area contributed by atoms with E-state index in [2.05, 4.69) is 27.7 Å². The summed E-state index contributed by atoms with van der Waals surface area (Å²) in [6, 6.07) is 8.23. The van der Waals surface area contributed by atoms with Gasteiger partial charge in [-0.15, -0.1) is 0 Å². The lowest BCUT2D eigenvalue weighted by molar-refractivity contribution is -0.120. The van der Waals surface area contributed by atoms with Crippen LogP contribution in [0.3, 0.4) is 0 Å². The number of carbonyl (C=O) groups is 1. The molecule has 2 aliphatic heterocycles. The van der Waals surface area contributed by atoms with E-state index in [4.69, 9.17) is 0 Å². The summed E-state index contributed by atoms with van der Waals surface area (Å²) in [4.78, 5) is 14.6. The Morgan fingerprint density at radius 1 is 1.25 bits per heavy atom. The first-order valence-electron chi connectivity index (χ1n) is 7.69. The Bertz CT molecular complexity index is 463. The van der Waals surface area contributed by atoms with Gasteiger partial charge in [0.2, 0.25) is 5.91 Å². The molecule has 0 unspecified atom stereocenters. The standard InChI is InChI=1S/C16H23N3O/c20-16(13-5-4-8-17-12-13)18-14-6-3-7-15(11-14)19-9-1-2-10-19/h3,6-7,11,13,17H,1-2,4-5,8-10,12H2,(H,18,20)/t13-/m1/s1. The molecule has 2 fully saturated rings. The quantitative estimate of drug-likeness (QED) is 0.887. The summed E-state index contributed by atoms with van der Waals surface area (Å²) in [5.74, 6) is 0.259. The van der Waals surface area contributed by atoms with Gasteiger partial charge >= 0.3 is 0 Å². The van der Waals surface area contributed by atoms with Crippen LogP contribution in [0.5, 0.6) is 0 Å². The molecule has 108 valence electrons. The molecule has 0 spiro atoms. The van der Waals surface area contributed by atoms with Crippen LogP contribution in [-0.2, 0) is 4.79 Å². The summed E-state index contributed by atoms with van der Waals surface area (Å²) in [5, 5.41) is 6.36. The number of hydrogen-bond donors (Lipinski definition) is 2. The molecule has 1 amide bonds. The predicted octanol–water partition coefficient (Wildman–Crippen LogP) is 2.22. The van der Waals surface area contributed by atoms with Crippen molar-refractivity contribution < 1.29 is 4.79 Å². The van der Waals surface area contributed by atoms with Gasteiger partial charge in [-0.3, -0.25) is 4.79 Å². The summed E-state index contributed by atoms with van der Waals surface area (Å²) < 4.78 is 0. The van der Waals surface area contributed by atoms with Gasteiger partial charge in [0.25, 0.3) is 0 Å². The number of carbonyl (C=O) groups excluding carboxylic acids is 1. The molecular formula is C16H23N3O. The van der Waals surface area contributed by atoms with Crippen LogP contribution in [0.25, 0.3) is 0 Å². The average molecular weight is 273 g/mol. The summed E-state index contributed by atoms with van der Waals surface area (Å²) in [6.45, 7) is 4.10. The Morgan fingerprint density at radius 2 is 2.10 bits per heavy atom. The highest BCUT2D eigenvalue weighted by molar-refractivity contribution is 5.93. The maximum atomic E-state index is 12.2. The van der Waals surface area contributed by atoms with Crippen molar-refractivity contribution in [1.82, 2.24) is 5.32 Å². The maximum Gasteiger partial charge on any atom is 0.228 e. The third-order valence-electron chi connectivity index (χ3n) is 4.25. The van der Waals surface area contributed by atoms with Gasteiger partial charge in [0.15, 0.2) is 0 Å². The van der Waals surface area contributed by atoms with Crippen molar-refractivity contribution in [1.29, 1.82) is 0 Å². The Morgan fingerprint density at radius 3 is 2.85 bits per heavy atom. The van der Waals surface area contributed by atoms with Gasteiger partial charge in [-0.05, 0) is 50.4 Å². The lowest BCUT2D eigenvalue weighted by Gasteiger charge is -2.22. The smallest absolute Gasteiger partial charge is 0.228 e. The number of rotatable bonds is 3. The summed E-state index contributed by atoms with van der Waals surface area (Å²) >= 11 is 0. The van der Waals surface area contributed by atoms with E-state index < -0.39 is 0 Å². The SMILES string of the molecule is O=C(Nc1cccc(N2CCCC2)c1)[C@@H]1CCCNC1. The molecular weight excluding hydrogens is 250 g/mol. The largest absolute Gasteiger partial charge is 0.371 e. The Hall–Kier alpha value is -1.55. The van der Waals surface area contributed by atoms with Crippen LogP contribution in [0, 0.1) is 5.92 Å². The van der Waals surface area contributed by atoms with E-state index in [0.29, 0.717) is 0 Å². The van der Waals surface area contributed by atoms with Crippen molar-refractivity contribution >= 4 is 17.3 Å². The number of nitrogens with zero attached hydrogens (tertiary/aromatic N) is 1. The summed E-state index contributed by atoms with van der Waals surface area (Å²) in [7, 11) is 0. The van der Waals surface area contributed by atoms with E-state index >= 15 is 0 Å². The minimum absolute atomic E-state index is 0.110. The number of hydrogen-bond acceptors (Lipinski definition) is 3. The zero-order chi connectivity index (χ0) is 13.8. The molecule has 20 heavy (non-hydrogen) atoms. The van der Waals surface area contributed by atoms with E-state index in [1.165, 1.54) is 18.5 Å². The number of anilines is 2. The minimum atomic E-state index is 0.110. The second kappa shape index (κ2) is 6.27. The number of benzene rings is 1. The molecule has 4 nitrogen and oxygen atoms in total. The highest BCUT2D eigenvalue weighted by Gasteiger charge is 2.21. The third kappa shape index (κ3) is 3.12. The van der Waals surface area contributed by atoms with Crippen molar-refractivity contribution in [2.75, 3.05) is 36.4 Å². The van der Waals surface area contributed by atoms with Crippen LogP contribution < -0.4 is 15.5 Å². The lowest BCUT2D eigenvalue weighted by Crippen LogP contribution is -2.37. The van der Waals surface area contributed by atoms with Gasteiger partial charge in [-0.1, -0.05) is 6.07 Å². The van der Waals surface area contributed by atoms with Crippen LogP contribution in [0.4, 0.5) is 11.4 Å². The maximum absolute atomic E-state index is 12.2. The van der Waals surface area contributed by atoms with Crippen molar-refractivity contribution in [3.63, 3.8) is 0 Å². The van der Waals surface area contributed by atoms with E-state index in [9.17, 15) is 4.79 Å². The molecule has 2 saturated heterocycles. The van der Waals surface area contributed by atoms with E-state index in [1.54, 1.807) is 0 Å². The molecule has 0 aromatic heterocycles. The molecule has 0 radical (unpaired) electrons. The zero-order valence-electron chi connectivity index (χ0n) is 11.9. The molecule has 4 heteroatoms. The monoisotopic (exact) mass is 273 g/mol. The van der Waals surface area contributed by atoms with Crippen molar-refractivity contribution in [2.24, 2.45) is 5.92 Å². The zero-order valence-corrected chi connectivity index (χ0v) is 11.9. The Balaban J connectivity index is 1.64. The Kier molecular flexibility index (Phi) is 4.21. The fourth-order valence-electron chi connectivity index (χ4n) is 3.08. The second-order valence-corrected chi connectivity index (χ2v) is 5.78. The third-order valence-corrected chi connectivity index (χ3v) is 4.25. The fraction of sp³-hybridized carbons (Fsp3) is 0.562. The van der Waals surface area contributed by atoms with E-state index in [0.717, 1.165) is 44.7 Å². The molecule has 2 aliphatic rings. The molecule has 0 aliphatic carbocycles. The van der Waals surface area contributed by atoms with Crippen LogP contribution in [-0.4, -0.2) is 32.1 Å². The molecule has 3 rings (SSSR count). The number of amides is 1. The summed E-state index contributed by atoms with van der Waals surface area (Å²) in [6.07, 6.45) is 4.62. The van der Waals surface area contributed by atoms with E-state index in [1.807, 2.05) is 12.1 Å². The highest BCUT2D eigenvalue weighted by atomic mass is 16.1. The summed E-state index contributed by atoms with van der Waals surface area (Å²) in [5.41, 5.74) is 2.15. The first-order chi connectivity index (χ1) is 9.83. The van der Waals surface area contributed by atoms with Crippen molar-refractivity contribution in [3.8, 4) is 0 Å². The van der Waals surface area contributed by atoms with Gasteiger partial charge in [-0.25, -0.2) is 0 Å². The van der Waals surface area contributed by atoms with E-state index in [-0.39, 0.29) is 11.8 Å². The van der Waals surface area contributed by atoms with Gasteiger partial charge in [0, 0.05) is 31.0 Å². The highest BCUT2D eigenvalue weighted by Crippen LogP contribution is 2.24. The normalized spacial score (nSPS) is 22.8. The lowest BCUT2D eigenvalue weighted by atomic mass is 9.99. The Labute approximate surface area is 120 Å². The van der Waals surface area contributed by atoms with Crippen molar-refractivity contribution in [2.45, 2.75) is 25.7 Å². The van der Waals surface area contributed by atoms with Crippen LogP contribution >= 0.6 is 0 Å². The molecule has 0 saturated carbocycles.